The van der Waals surface area contributed by atoms with Crippen LogP contribution < -0.4 is 16.2 Å². The van der Waals surface area contributed by atoms with Crippen molar-refractivity contribution in [2.45, 2.75) is 0 Å². The number of furan rings is 1. The number of aromatic nitrogens is 1. The average molecular weight is 288 g/mol. The van der Waals surface area contributed by atoms with Crippen molar-refractivity contribution in [1.29, 1.82) is 0 Å². The highest BCUT2D eigenvalue weighted by atomic mass is 35.5. The fourth-order valence-corrected chi connectivity index (χ4v) is 1.96. The summed E-state index contributed by atoms with van der Waals surface area (Å²) in [6.45, 7) is 3.68. The first kappa shape index (κ1) is 12.6. The molecular weight excluding hydrogens is 278 g/mol. The first-order valence-corrected chi connectivity index (χ1v) is 6.25. The van der Waals surface area contributed by atoms with Crippen molar-refractivity contribution in [2.75, 3.05) is 0 Å². The van der Waals surface area contributed by atoms with Crippen molar-refractivity contribution in [3.05, 3.63) is 68.2 Å². The van der Waals surface area contributed by atoms with Gasteiger partial charge in [-0.05, 0) is 42.5 Å². The van der Waals surface area contributed by atoms with Gasteiger partial charge in [-0.2, -0.15) is 0 Å². The van der Waals surface area contributed by atoms with Gasteiger partial charge in [0.1, 0.15) is 11.5 Å². The second-order valence-electron chi connectivity index (χ2n) is 4.24. The molecule has 0 amide bonds. The Morgan fingerprint density at radius 1 is 1.15 bits per heavy atom. The van der Waals surface area contributed by atoms with Crippen LogP contribution in [0.5, 0.6) is 0 Å². The predicted octanol–water partition coefficient (Wildman–Crippen LogP) is 2.12. The molecule has 1 aromatic carbocycles. The van der Waals surface area contributed by atoms with Crippen molar-refractivity contribution in [3.8, 4) is 11.3 Å². The minimum Gasteiger partial charge on any atom is -0.457 e. The van der Waals surface area contributed by atoms with Crippen molar-refractivity contribution in [1.82, 2.24) is 5.16 Å². The van der Waals surface area contributed by atoms with E-state index in [0.29, 0.717) is 27.1 Å². The maximum atomic E-state index is 11.4. The lowest BCUT2D eigenvalue weighted by atomic mass is 10.2. The van der Waals surface area contributed by atoms with Gasteiger partial charge in [0.2, 0.25) is 0 Å². The number of halogens is 1. The molecule has 0 fully saturated rings. The Labute approximate surface area is 118 Å². The molecule has 5 heteroatoms. The summed E-state index contributed by atoms with van der Waals surface area (Å²) in [6.07, 6.45) is 1.59. The average Bonchev–Trinajstić information content (AvgIpc) is 3.02. The predicted molar refractivity (Wildman–Crippen MR) is 76.8 cm³/mol. The van der Waals surface area contributed by atoms with Crippen LogP contribution in [0.15, 0.2) is 50.1 Å². The zero-order valence-electron chi connectivity index (χ0n) is 10.4. The van der Waals surface area contributed by atoms with Crippen LogP contribution in [0.1, 0.15) is 5.76 Å². The number of aromatic amines is 1. The summed E-state index contributed by atoms with van der Waals surface area (Å²) in [5.41, 5.74) is 0.435. The van der Waals surface area contributed by atoms with Crippen LogP contribution in [0, 0.1) is 0 Å². The lowest BCUT2D eigenvalue weighted by molar-refractivity contribution is 0.386. The van der Waals surface area contributed by atoms with Crippen molar-refractivity contribution >= 4 is 24.3 Å². The highest BCUT2D eigenvalue weighted by molar-refractivity contribution is 6.30. The third-order valence-electron chi connectivity index (χ3n) is 2.85. The number of rotatable bonds is 2. The Hall–Kier alpha value is -2.46. The van der Waals surface area contributed by atoms with Crippen LogP contribution in [0.3, 0.4) is 0 Å². The molecule has 0 atom stereocenters. The van der Waals surface area contributed by atoms with Gasteiger partial charge in [-0.1, -0.05) is 18.2 Å². The highest BCUT2D eigenvalue weighted by Gasteiger charge is 2.04. The Kier molecular flexibility index (Phi) is 3.08. The van der Waals surface area contributed by atoms with E-state index in [-0.39, 0.29) is 0 Å². The number of H-pyrrole nitrogens is 1. The standard InChI is InChI=1S/C15H10ClNO3/c1-9-13(15(18)20-17-9)8-12-6-7-14(19-12)10-2-4-11(16)5-3-10/h2-8,17H,1H2. The van der Waals surface area contributed by atoms with Gasteiger partial charge in [0.25, 0.3) is 0 Å². The minimum atomic E-state index is -0.473. The monoisotopic (exact) mass is 287 g/mol. The third kappa shape index (κ3) is 2.33. The van der Waals surface area contributed by atoms with Gasteiger partial charge in [-0.3, -0.25) is 0 Å². The first-order valence-electron chi connectivity index (χ1n) is 5.87. The second-order valence-corrected chi connectivity index (χ2v) is 4.67. The van der Waals surface area contributed by atoms with E-state index in [9.17, 15) is 4.79 Å². The smallest absolute Gasteiger partial charge is 0.365 e. The normalized spacial score (nSPS) is 11.9. The fourth-order valence-electron chi connectivity index (χ4n) is 1.83. The van der Waals surface area contributed by atoms with Crippen LogP contribution in [0.25, 0.3) is 24.0 Å². The van der Waals surface area contributed by atoms with Gasteiger partial charge >= 0.3 is 5.63 Å². The van der Waals surface area contributed by atoms with Gasteiger partial charge < -0.3 is 8.94 Å². The molecule has 0 unspecified atom stereocenters. The van der Waals surface area contributed by atoms with Crippen LogP contribution in [-0.2, 0) is 0 Å². The molecule has 3 aromatic rings. The Morgan fingerprint density at radius 3 is 2.55 bits per heavy atom. The molecule has 0 bridgehead atoms. The minimum absolute atomic E-state index is 0.349. The zero-order valence-corrected chi connectivity index (χ0v) is 11.1. The summed E-state index contributed by atoms with van der Waals surface area (Å²) >= 11 is 5.84. The molecular formula is C15H10ClNO3. The summed E-state index contributed by atoms with van der Waals surface area (Å²) in [6, 6.07) is 10.9. The van der Waals surface area contributed by atoms with E-state index in [0.717, 1.165) is 5.56 Å². The van der Waals surface area contributed by atoms with Gasteiger partial charge in [0.15, 0.2) is 0 Å². The molecule has 2 heterocycles. The number of benzene rings is 1. The Morgan fingerprint density at radius 2 is 1.90 bits per heavy atom. The largest absolute Gasteiger partial charge is 0.457 e. The summed E-state index contributed by atoms with van der Waals surface area (Å²) in [5.74, 6) is 1.24. The SMILES string of the molecule is C=c1[nH]oc(=O)c1=Cc1ccc(-c2ccc(Cl)cc2)o1. The summed E-state index contributed by atoms with van der Waals surface area (Å²) in [5, 5.41) is 3.85. The van der Waals surface area contributed by atoms with Gasteiger partial charge in [0, 0.05) is 10.6 Å². The molecule has 100 valence electrons. The van der Waals surface area contributed by atoms with Crippen molar-refractivity contribution < 1.29 is 8.94 Å². The summed E-state index contributed by atoms with van der Waals surface area (Å²) in [7, 11) is 0. The topological polar surface area (TPSA) is 59.1 Å². The van der Waals surface area contributed by atoms with Crippen LogP contribution >= 0.6 is 11.6 Å². The molecule has 20 heavy (non-hydrogen) atoms. The molecule has 0 aliphatic carbocycles. The molecule has 1 N–H and O–H groups in total. The van der Waals surface area contributed by atoms with E-state index in [1.165, 1.54) is 0 Å². The molecule has 3 rings (SSSR count). The van der Waals surface area contributed by atoms with Gasteiger partial charge in [0.05, 0.1) is 10.6 Å². The van der Waals surface area contributed by atoms with E-state index < -0.39 is 5.63 Å². The fraction of sp³-hybridized carbons (Fsp3) is 0. The molecule has 0 saturated heterocycles. The maximum absolute atomic E-state index is 11.4. The quantitative estimate of drug-likeness (QED) is 0.785. The molecule has 0 spiro atoms. The molecule has 4 nitrogen and oxygen atoms in total. The number of nitrogens with one attached hydrogen (secondary N) is 1. The highest BCUT2D eigenvalue weighted by Crippen LogP contribution is 2.23. The Bertz CT molecular complexity index is 869. The van der Waals surface area contributed by atoms with Crippen LogP contribution in [0.4, 0.5) is 0 Å². The van der Waals surface area contributed by atoms with E-state index in [2.05, 4.69) is 16.3 Å². The van der Waals surface area contributed by atoms with Crippen LogP contribution in [-0.4, -0.2) is 5.16 Å². The van der Waals surface area contributed by atoms with E-state index in [1.54, 1.807) is 24.3 Å². The van der Waals surface area contributed by atoms with Crippen LogP contribution in [0.2, 0.25) is 5.02 Å². The number of hydrogen-bond acceptors (Lipinski definition) is 3. The molecule has 0 aliphatic rings. The first-order chi connectivity index (χ1) is 9.63. The molecule has 0 aliphatic heterocycles. The molecule has 2 aromatic heterocycles. The second kappa shape index (κ2) is 4.90. The van der Waals surface area contributed by atoms with E-state index in [1.807, 2.05) is 18.2 Å². The third-order valence-corrected chi connectivity index (χ3v) is 3.11. The van der Waals surface area contributed by atoms with Gasteiger partial charge in [-0.15, -0.1) is 0 Å². The summed E-state index contributed by atoms with van der Waals surface area (Å²) < 4.78 is 10.3. The van der Waals surface area contributed by atoms with E-state index in [4.69, 9.17) is 16.0 Å². The molecule has 0 radical (unpaired) electrons. The maximum Gasteiger partial charge on any atom is 0.365 e. The molecule has 0 saturated carbocycles. The summed E-state index contributed by atoms with van der Waals surface area (Å²) in [4.78, 5) is 11.4. The van der Waals surface area contributed by atoms with E-state index >= 15 is 0 Å². The van der Waals surface area contributed by atoms with Crippen molar-refractivity contribution in [3.63, 3.8) is 0 Å². The lowest BCUT2D eigenvalue weighted by Crippen LogP contribution is -2.31. The number of hydrogen-bond donors (Lipinski definition) is 1. The van der Waals surface area contributed by atoms with Gasteiger partial charge in [-0.25, -0.2) is 9.95 Å². The zero-order chi connectivity index (χ0) is 14.1. The Balaban J connectivity index is 2.03. The van der Waals surface area contributed by atoms with Crippen molar-refractivity contribution in [2.24, 2.45) is 0 Å². The lowest BCUT2D eigenvalue weighted by Gasteiger charge is -1.96.